The van der Waals surface area contributed by atoms with Crippen LogP contribution in [-0.4, -0.2) is 22.2 Å². The van der Waals surface area contributed by atoms with Crippen molar-refractivity contribution in [1.29, 1.82) is 0 Å². The summed E-state index contributed by atoms with van der Waals surface area (Å²) in [6, 6.07) is 12.8. The van der Waals surface area contributed by atoms with E-state index >= 15 is 0 Å². The summed E-state index contributed by atoms with van der Waals surface area (Å²) < 4.78 is 26.8. The van der Waals surface area contributed by atoms with Crippen molar-refractivity contribution >= 4 is 12.6 Å². The van der Waals surface area contributed by atoms with Crippen LogP contribution in [-0.2, 0) is 0 Å². The smallest absolute Gasteiger partial charge is 0.423 e. The van der Waals surface area contributed by atoms with Gasteiger partial charge in [-0.15, -0.1) is 0 Å². The van der Waals surface area contributed by atoms with Crippen LogP contribution >= 0.6 is 0 Å². The number of hydrogen-bond acceptors (Lipinski definition) is 3. The van der Waals surface area contributed by atoms with E-state index in [-0.39, 0.29) is 11.3 Å². The molecular weight excluding hydrogens is 299 g/mol. The third-order valence-corrected chi connectivity index (χ3v) is 3.51. The molecule has 0 bridgehead atoms. The van der Waals surface area contributed by atoms with Crippen LogP contribution in [0, 0.1) is 11.6 Å². The van der Waals surface area contributed by atoms with E-state index in [4.69, 9.17) is 0 Å². The Morgan fingerprint density at radius 1 is 0.826 bits per heavy atom. The average Bonchev–Trinajstić information content (AvgIpc) is 2.55. The summed E-state index contributed by atoms with van der Waals surface area (Å²) >= 11 is 0. The Bertz CT molecular complexity index is 838. The monoisotopic (exact) mass is 311 g/mol. The van der Waals surface area contributed by atoms with Gasteiger partial charge in [0.05, 0.1) is 5.69 Å². The Labute approximate surface area is 132 Å². The van der Waals surface area contributed by atoms with Gasteiger partial charge in [0.25, 0.3) is 0 Å². The van der Waals surface area contributed by atoms with E-state index < -0.39 is 12.9 Å². The molecule has 2 aromatic carbocycles. The van der Waals surface area contributed by atoms with E-state index in [0.717, 1.165) is 6.07 Å². The Balaban J connectivity index is 2.22. The van der Waals surface area contributed by atoms with Crippen molar-refractivity contribution in [3.8, 4) is 22.4 Å². The van der Waals surface area contributed by atoms with Gasteiger partial charge in [0.2, 0.25) is 0 Å². The first kappa shape index (κ1) is 15.3. The summed E-state index contributed by atoms with van der Waals surface area (Å²) in [7, 11) is -1.74. The van der Waals surface area contributed by atoms with Crippen molar-refractivity contribution in [3.63, 3.8) is 0 Å². The Morgan fingerprint density at radius 2 is 1.52 bits per heavy atom. The fraction of sp³-hybridized carbons (Fsp3) is 0. The van der Waals surface area contributed by atoms with Crippen molar-refractivity contribution in [1.82, 2.24) is 4.98 Å². The number of rotatable bonds is 3. The predicted octanol–water partition coefficient (Wildman–Crippen LogP) is 2.37. The topological polar surface area (TPSA) is 53.4 Å². The van der Waals surface area contributed by atoms with E-state index in [1.807, 2.05) is 0 Å². The molecule has 0 aliphatic heterocycles. The summed E-state index contributed by atoms with van der Waals surface area (Å²) in [6.07, 6.45) is 1.57. The van der Waals surface area contributed by atoms with Crippen LogP contribution < -0.4 is 5.46 Å². The zero-order chi connectivity index (χ0) is 16.4. The highest BCUT2D eigenvalue weighted by Crippen LogP contribution is 2.29. The maximum atomic E-state index is 13.7. The van der Waals surface area contributed by atoms with Crippen LogP contribution in [0.5, 0.6) is 0 Å². The van der Waals surface area contributed by atoms with E-state index in [1.165, 1.54) is 24.3 Å². The van der Waals surface area contributed by atoms with Crippen molar-refractivity contribution in [2.45, 2.75) is 0 Å². The van der Waals surface area contributed by atoms with Crippen LogP contribution in [0.3, 0.4) is 0 Å². The molecule has 1 aromatic heterocycles. The number of nitrogens with zero attached hydrogens (tertiary/aromatic N) is 1. The second-order valence-corrected chi connectivity index (χ2v) is 5.01. The second-order valence-electron chi connectivity index (χ2n) is 5.01. The summed E-state index contributed by atoms with van der Waals surface area (Å²) in [4.78, 5) is 4.28. The second kappa shape index (κ2) is 6.28. The first-order chi connectivity index (χ1) is 11.1. The van der Waals surface area contributed by atoms with Crippen LogP contribution in [0.15, 0.2) is 60.8 Å². The number of benzene rings is 2. The summed E-state index contributed by atoms with van der Waals surface area (Å²) in [5.74, 6) is -0.873. The highest BCUT2D eigenvalue weighted by Gasteiger charge is 2.20. The van der Waals surface area contributed by atoms with Gasteiger partial charge in [0.1, 0.15) is 11.6 Å². The first-order valence-corrected chi connectivity index (χ1v) is 6.93. The Kier molecular flexibility index (Phi) is 4.19. The van der Waals surface area contributed by atoms with E-state index in [0.29, 0.717) is 22.4 Å². The minimum atomic E-state index is -1.74. The lowest BCUT2D eigenvalue weighted by molar-refractivity contribution is 0.426. The van der Waals surface area contributed by atoms with Gasteiger partial charge in [-0.2, -0.15) is 0 Å². The number of hydrogen-bond donors (Lipinski definition) is 2. The van der Waals surface area contributed by atoms with Crippen molar-refractivity contribution in [2.75, 3.05) is 0 Å². The van der Waals surface area contributed by atoms with Crippen molar-refractivity contribution in [3.05, 3.63) is 72.4 Å². The lowest BCUT2D eigenvalue weighted by Gasteiger charge is -2.13. The average molecular weight is 311 g/mol. The number of aromatic nitrogens is 1. The molecule has 0 aliphatic carbocycles. The molecule has 1 heterocycles. The molecule has 23 heavy (non-hydrogen) atoms. The first-order valence-electron chi connectivity index (χ1n) is 6.93. The molecule has 3 aromatic rings. The van der Waals surface area contributed by atoms with Gasteiger partial charge in [-0.05, 0) is 53.5 Å². The molecule has 0 saturated heterocycles. The van der Waals surface area contributed by atoms with Crippen molar-refractivity contribution in [2.24, 2.45) is 0 Å². The molecular formula is C17H12BF2NO2. The Hall–Kier alpha value is -2.57. The van der Waals surface area contributed by atoms with Gasteiger partial charge in [0, 0.05) is 17.3 Å². The van der Waals surface area contributed by atoms with Crippen molar-refractivity contribution < 1.29 is 18.8 Å². The standard InChI is InChI=1S/C17H12BF2NO2/c19-12-5-3-11(4-6-12)17-14(2-1-9-21-17)15-10-13(20)7-8-16(15)18(22)23/h1-10,22-23H. The molecule has 0 spiro atoms. The van der Waals surface area contributed by atoms with Crippen LogP contribution in [0.4, 0.5) is 8.78 Å². The molecule has 0 fully saturated rings. The van der Waals surface area contributed by atoms with Gasteiger partial charge in [-0.1, -0.05) is 12.1 Å². The molecule has 6 heteroatoms. The highest BCUT2D eigenvalue weighted by molar-refractivity contribution is 6.60. The van der Waals surface area contributed by atoms with Crippen LogP contribution in [0.1, 0.15) is 0 Å². The maximum absolute atomic E-state index is 13.7. The largest absolute Gasteiger partial charge is 0.489 e. The molecule has 2 N–H and O–H groups in total. The zero-order valence-electron chi connectivity index (χ0n) is 11.9. The minimum absolute atomic E-state index is 0.169. The van der Waals surface area contributed by atoms with Gasteiger partial charge in [0.15, 0.2) is 0 Å². The lowest BCUT2D eigenvalue weighted by Crippen LogP contribution is -2.31. The third kappa shape index (κ3) is 3.13. The molecule has 3 nitrogen and oxygen atoms in total. The lowest BCUT2D eigenvalue weighted by atomic mass is 9.75. The van der Waals surface area contributed by atoms with E-state index in [1.54, 1.807) is 30.5 Å². The molecule has 0 radical (unpaired) electrons. The Morgan fingerprint density at radius 3 is 2.22 bits per heavy atom. The molecule has 0 unspecified atom stereocenters. The van der Waals surface area contributed by atoms with E-state index in [9.17, 15) is 18.8 Å². The highest BCUT2D eigenvalue weighted by atomic mass is 19.1. The SMILES string of the molecule is OB(O)c1ccc(F)cc1-c1cccnc1-c1ccc(F)cc1. The zero-order valence-corrected chi connectivity index (χ0v) is 11.9. The fourth-order valence-electron chi connectivity index (χ4n) is 2.45. The van der Waals surface area contributed by atoms with Crippen LogP contribution in [0.25, 0.3) is 22.4 Å². The van der Waals surface area contributed by atoms with E-state index in [2.05, 4.69) is 4.98 Å². The van der Waals surface area contributed by atoms with Gasteiger partial charge in [-0.3, -0.25) is 4.98 Å². The van der Waals surface area contributed by atoms with Gasteiger partial charge >= 0.3 is 7.12 Å². The maximum Gasteiger partial charge on any atom is 0.489 e. The summed E-state index contributed by atoms with van der Waals surface area (Å²) in [5.41, 5.74) is 2.17. The van der Waals surface area contributed by atoms with Gasteiger partial charge < -0.3 is 10.0 Å². The fourth-order valence-corrected chi connectivity index (χ4v) is 2.45. The number of halogens is 2. The third-order valence-electron chi connectivity index (χ3n) is 3.51. The summed E-state index contributed by atoms with van der Waals surface area (Å²) in [5, 5.41) is 19.0. The molecule has 0 atom stereocenters. The summed E-state index contributed by atoms with van der Waals surface area (Å²) in [6.45, 7) is 0. The normalized spacial score (nSPS) is 10.6. The predicted molar refractivity (Wildman–Crippen MR) is 84.9 cm³/mol. The minimum Gasteiger partial charge on any atom is -0.423 e. The molecule has 114 valence electrons. The molecule has 0 saturated carbocycles. The number of pyridine rings is 1. The molecule has 0 aliphatic rings. The molecule has 0 amide bonds. The van der Waals surface area contributed by atoms with Crippen LogP contribution in [0.2, 0.25) is 0 Å². The quantitative estimate of drug-likeness (QED) is 0.730. The molecule has 3 rings (SSSR count). The van der Waals surface area contributed by atoms with Gasteiger partial charge in [-0.25, -0.2) is 8.78 Å².